The first-order chi connectivity index (χ1) is 13.0. The third kappa shape index (κ3) is 6.07. The standard InChI is InChI=1S/C17H17ClN4O5/c18-11-3-1-10(2-4-11)16-21-14(27-22-16)7-8-15(24)26-9-13(23)20-17(25)19-12-5-6-12/h1-4,12H,5-9H2,(H2,19,20,23,25). The van der Waals surface area contributed by atoms with E-state index >= 15 is 0 Å². The second kappa shape index (κ2) is 8.63. The zero-order valence-corrected chi connectivity index (χ0v) is 15.0. The Hall–Kier alpha value is -2.94. The van der Waals surface area contributed by atoms with Crippen molar-refractivity contribution < 1.29 is 23.6 Å². The van der Waals surface area contributed by atoms with Crippen LogP contribution >= 0.6 is 11.6 Å². The van der Waals surface area contributed by atoms with E-state index in [2.05, 4.69) is 20.8 Å². The number of aryl methyl sites for hydroxylation is 1. The minimum Gasteiger partial charge on any atom is -0.456 e. The molecule has 0 bridgehead atoms. The van der Waals surface area contributed by atoms with Crippen LogP contribution in [-0.4, -0.2) is 40.7 Å². The lowest BCUT2D eigenvalue weighted by molar-refractivity contribution is -0.148. The van der Waals surface area contributed by atoms with Crippen molar-refractivity contribution in [3.63, 3.8) is 0 Å². The fourth-order valence-corrected chi connectivity index (χ4v) is 2.24. The maximum Gasteiger partial charge on any atom is 0.321 e. The van der Waals surface area contributed by atoms with Crippen molar-refractivity contribution in [2.24, 2.45) is 0 Å². The van der Waals surface area contributed by atoms with Crippen LogP contribution in [0, 0.1) is 0 Å². The third-order valence-electron chi connectivity index (χ3n) is 3.64. The van der Waals surface area contributed by atoms with Gasteiger partial charge in [0, 0.05) is 23.0 Å². The van der Waals surface area contributed by atoms with Gasteiger partial charge in [0.25, 0.3) is 5.91 Å². The number of imide groups is 1. The Balaban J connectivity index is 1.38. The highest BCUT2D eigenvalue weighted by molar-refractivity contribution is 6.30. The SMILES string of the molecule is O=C(COC(=O)CCc1nc(-c2ccc(Cl)cc2)no1)NC(=O)NC1CC1. The third-order valence-corrected chi connectivity index (χ3v) is 3.90. The van der Waals surface area contributed by atoms with Gasteiger partial charge < -0.3 is 14.6 Å². The van der Waals surface area contributed by atoms with Gasteiger partial charge in [0.1, 0.15) is 0 Å². The van der Waals surface area contributed by atoms with Gasteiger partial charge in [-0.2, -0.15) is 4.98 Å². The van der Waals surface area contributed by atoms with Crippen LogP contribution in [0.25, 0.3) is 11.4 Å². The van der Waals surface area contributed by atoms with Crippen LogP contribution in [0.15, 0.2) is 28.8 Å². The Kier molecular flexibility index (Phi) is 6.02. The van der Waals surface area contributed by atoms with E-state index in [9.17, 15) is 14.4 Å². The molecule has 27 heavy (non-hydrogen) atoms. The van der Waals surface area contributed by atoms with Crippen LogP contribution < -0.4 is 10.6 Å². The number of halogens is 1. The zero-order chi connectivity index (χ0) is 19.2. The monoisotopic (exact) mass is 392 g/mol. The van der Waals surface area contributed by atoms with Gasteiger partial charge in [0.15, 0.2) is 6.61 Å². The molecule has 0 spiro atoms. The zero-order valence-electron chi connectivity index (χ0n) is 14.2. The van der Waals surface area contributed by atoms with Gasteiger partial charge >= 0.3 is 12.0 Å². The number of amides is 3. The Labute approximate surface area is 159 Å². The molecule has 2 N–H and O–H groups in total. The summed E-state index contributed by atoms with van der Waals surface area (Å²) >= 11 is 5.83. The maximum atomic E-state index is 11.7. The van der Waals surface area contributed by atoms with Crippen LogP contribution in [0.4, 0.5) is 4.79 Å². The summed E-state index contributed by atoms with van der Waals surface area (Å²) in [5.41, 5.74) is 0.734. The predicted octanol–water partition coefficient (Wildman–Crippen LogP) is 1.85. The lowest BCUT2D eigenvalue weighted by atomic mass is 10.2. The summed E-state index contributed by atoms with van der Waals surface area (Å²) < 4.78 is 9.90. The summed E-state index contributed by atoms with van der Waals surface area (Å²) in [7, 11) is 0. The molecule has 142 valence electrons. The number of nitrogens with zero attached hydrogens (tertiary/aromatic N) is 2. The van der Waals surface area contributed by atoms with Crippen molar-refractivity contribution >= 4 is 29.5 Å². The van der Waals surface area contributed by atoms with Crippen LogP contribution in [0.3, 0.4) is 0 Å². The van der Waals surface area contributed by atoms with Gasteiger partial charge in [-0.25, -0.2) is 4.79 Å². The first kappa shape index (κ1) is 18.8. The molecule has 3 amide bonds. The van der Waals surface area contributed by atoms with Crippen LogP contribution in [0.5, 0.6) is 0 Å². The molecule has 1 aliphatic carbocycles. The summed E-state index contributed by atoms with van der Waals surface area (Å²) in [5, 5.41) is 9.12. The van der Waals surface area contributed by atoms with Crippen molar-refractivity contribution in [3.05, 3.63) is 35.2 Å². The number of urea groups is 1. The lowest BCUT2D eigenvalue weighted by Gasteiger charge is -2.06. The van der Waals surface area contributed by atoms with E-state index in [1.807, 2.05) is 0 Å². The predicted molar refractivity (Wildman–Crippen MR) is 93.7 cm³/mol. The first-order valence-corrected chi connectivity index (χ1v) is 8.72. The molecule has 1 aromatic carbocycles. The molecule has 1 fully saturated rings. The highest BCUT2D eigenvalue weighted by Gasteiger charge is 2.24. The highest BCUT2D eigenvalue weighted by atomic mass is 35.5. The van der Waals surface area contributed by atoms with Crippen LogP contribution in [-0.2, 0) is 20.7 Å². The van der Waals surface area contributed by atoms with Crippen molar-refractivity contribution in [2.75, 3.05) is 6.61 Å². The summed E-state index contributed by atoms with van der Waals surface area (Å²) in [6.45, 7) is -0.531. The van der Waals surface area contributed by atoms with E-state index in [0.29, 0.717) is 10.8 Å². The molecule has 0 unspecified atom stereocenters. The number of rotatable bonds is 7. The largest absolute Gasteiger partial charge is 0.456 e. The lowest BCUT2D eigenvalue weighted by Crippen LogP contribution is -2.42. The molecule has 0 radical (unpaired) electrons. The van der Waals surface area contributed by atoms with Gasteiger partial charge in [-0.15, -0.1) is 0 Å². The number of carbonyl (C=O) groups excluding carboxylic acids is 3. The van der Waals surface area contributed by atoms with Crippen LogP contribution in [0.1, 0.15) is 25.2 Å². The normalized spacial score (nSPS) is 13.1. The molecule has 0 saturated heterocycles. The molecule has 1 aromatic heterocycles. The maximum absolute atomic E-state index is 11.7. The van der Waals surface area contributed by atoms with Crippen molar-refractivity contribution in [2.45, 2.75) is 31.7 Å². The molecular formula is C17H17ClN4O5. The second-order valence-electron chi connectivity index (χ2n) is 5.98. The van der Waals surface area contributed by atoms with Crippen LogP contribution in [0.2, 0.25) is 5.02 Å². The Bertz CT molecular complexity index is 832. The van der Waals surface area contributed by atoms with Gasteiger partial charge in [-0.1, -0.05) is 16.8 Å². The molecular weight excluding hydrogens is 376 g/mol. The molecule has 10 heteroatoms. The molecule has 1 saturated carbocycles. The number of hydrogen-bond acceptors (Lipinski definition) is 7. The molecule has 1 aliphatic rings. The van der Waals surface area contributed by atoms with Crippen molar-refractivity contribution in [1.82, 2.24) is 20.8 Å². The number of carbonyl (C=O) groups is 3. The average Bonchev–Trinajstić information content (AvgIpc) is 3.32. The average molecular weight is 393 g/mol. The quantitative estimate of drug-likeness (QED) is 0.689. The number of hydrogen-bond donors (Lipinski definition) is 2. The first-order valence-electron chi connectivity index (χ1n) is 8.34. The number of ether oxygens (including phenoxy) is 1. The fraction of sp³-hybridized carbons (Fsp3) is 0.353. The summed E-state index contributed by atoms with van der Waals surface area (Å²) in [6, 6.07) is 6.47. The van der Waals surface area contributed by atoms with Gasteiger partial charge in [-0.3, -0.25) is 14.9 Å². The van der Waals surface area contributed by atoms with Crippen molar-refractivity contribution in [3.8, 4) is 11.4 Å². The Morgan fingerprint density at radius 2 is 1.96 bits per heavy atom. The number of esters is 1. The van der Waals surface area contributed by atoms with E-state index in [1.54, 1.807) is 24.3 Å². The second-order valence-corrected chi connectivity index (χ2v) is 6.41. The minimum absolute atomic E-state index is 0.0379. The molecule has 2 aromatic rings. The highest BCUT2D eigenvalue weighted by Crippen LogP contribution is 2.19. The molecule has 0 atom stereocenters. The van der Waals surface area contributed by atoms with E-state index in [-0.39, 0.29) is 24.8 Å². The summed E-state index contributed by atoms with van der Waals surface area (Å²) in [6.07, 6.45) is 1.95. The Morgan fingerprint density at radius 1 is 1.22 bits per heavy atom. The molecule has 3 rings (SSSR count). The molecule has 9 nitrogen and oxygen atoms in total. The fourth-order valence-electron chi connectivity index (χ4n) is 2.11. The topological polar surface area (TPSA) is 123 Å². The molecule has 0 aliphatic heterocycles. The van der Waals surface area contributed by atoms with E-state index in [4.69, 9.17) is 20.9 Å². The summed E-state index contributed by atoms with van der Waals surface area (Å²) in [5.74, 6) is -0.649. The van der Waals surface area contributed by atoms with E-state index in [1.165, 1.54) is 0 Å². The molecule has 1 heterocycles. The number of aromatic nitrogens is 2. The van der Waals surface area contributed by atoms with Gasteiger partial charge in [0.05, 0.1) is 6.42 Å². The van der Waals surface area contributed by atoms with E-state index < -0.39 is 24.5 Å². The van der Waals surface area contributed by atoms with Gasteiger partial charge in [-0.05, 0) is 37.1 Å². The van der Waals surface area contributed by atoms with E-state index in [0.717, 1.165) is 18.4 Å². The number of nitrogens with one attached hydrogen (secondary N) is 2. The minimum atomic E-state index is -0.690. The van der Waals surface area contributed by atoms with Crippen molar-refractivity contribution in [1.29, 1.82) is 0 Å². The number of benzene rings is 1. The Morgan fingerprint density at radius 3 is 2.67 bits per heavy atom. The van der Waals surface area contributed by atoms with Gasteiger partial charge in [0.2, 0.25) is 11.7 Å². The summed E-state index contributed by atoms with van der Waals surface area (Å²) in [4.78, 5) is 38.8. The smallest absolute Gasteiger partial charge is 0.321 e.